The number of halogens is 1. The third-order valence-electron chi connectivity index (χ3n) is 2.37. The van der Waals surface area contributed by atoms with Crippen LogP contribution in [0, 0.1) is 22.9 Å². The van der Waals surface area contributed by atoms with Gasteiger partial charge in [-0.2, -0.15) is 5.10 Å². The highest BCUT2D eigenvalue weighted by Gasteiger charge is 2.19. The van der Waals surface area contributed by atoms with Crippen molar-refractivity contribution in [2.45, 2.75) is 6.92 Å². The number of nitro groups is 1. The van der Waals surface area contributed by atoms with Crippen LogP contribution in [0.4, 0.5) is 15.9 Å². The monoisotopic (exact) mass is 236 g/mol. The van der Waals surface area contributed by atoms with Crippen LogP contribution in [0.25, 0.3) is 5.69 Å². The predicted molar refractivity (Wildman–Crippen MR) is 59.3 cm³/mol. The Bertz CT molecular complexity index is 594. The van der Waals surface area contributed by atoms with Crippen LogP contribution in [0.2, 0.25) is 0 Å². The van der Waals surface area contributed by atoms with E-state index in [0.29, 0.717) is 11.3 Å². The van der Waals surface area contributed by atoms with E-state index in [1.165, 1.54) is 22.9 Å². The summed E-state index contributed by atoms with van der Waals surface area (Å²) in [5.74, 6) is -0.462. The van der Waals surface area contributed by atoms with E-state index in [4.69, 9.17) is 5.73 Å². The number of aryl methyl sites for hydroxylation is 1. The molecular weight excluding hydrogens is 227 g/mol. The molecule has 6 nitrogen and oxygen atoms in total. The normalized spacial score (nSPS) is 10.5. The zero-order valence-electron chi connectivity index (χ0n) is 8.92. The third kappa shape index (κ3) is 1.82. The van der Waals surface area contributed by atoms with Gasteiger partial charge in [-0.15, -0.1) is 0 Å². The van der Waals surface area contributed by atoms with Crippen LogP contribution >= 0.6 is 0 Å². The van der Waals surface area contributed by atoms with Crippen molar-refractivity contribution in [3.05, 3.63) is 45.9 Å². The maximum absolute atomic E-state index is 12.9. The van der Waals surface area contributed by atoms with Gasteiger partial charge in [-0.1, -0.05) is 0 Å². The minimum atomic E-state index is -0.613. The van der Waals surface area contributed by atoms with Gasteiger partial charge >= 0.3 is 5.69 Å². The van der Waals surface area contributed by atoms with Crippen molar-refractivity contribution < 1.29 is 9.31 Å². The Morgan fingerprint density at radius 3 is 2.76 bits per heavy atom. The van der Waals surface area contributed by atoms with E-state index in [-0.39, 0.29) is 17.3 Å². The average molecular weight is 236 g/mol. The van der Waals surface area contributed by atoms with Crippen molar-refractivity contribution in [2.75, 3.05) is 5.73 Å². The van der Waals surface area contributed by atoms with Gasteiger partial charge in [0.1, 0.15) is 12.0 Å². The molecule has 1 heterocycles. The second-order valence-electron chi connectivity index (χ2n) is 3.51. The minimum Gasteiger partial charge on any atom is -0.378 e. The maximum atomic E-state index is 12.9. The Morgan fingerprint density at radius 1 is 1.53 bits per heavy atom. The standard InChI is InChI=1S/C10H9FN4O2/c1-6-4-7(11)2-3-8(6)14-10(12)9(5-13-14)15(16)17/h2-5H,12H2,1H3. The van der Waals surface area contributed by atoms with Crippen LogP contribution in [0.3, 0.4) is 0 Å². The summed E-state index contributed by atoms with van der Waals surface area (Å²) in [6.45, 7) is 1.67. The lowest BCUT2D eigenvalue weighted by Crippen LogP contribution is -2.05. The zero-order valence-corrected chi connectivity index (χ0v) is 8.92. The van der Waals surface area contributed by atoms with Crippen LogP contribution in [-0.4, -0.2) is 14.7 Å². The largest absolute Gasteiger partial charge is 0.378 e. The maximum Gasteiger partial charge on any atom is 0.331 e. The van der Waals surface area contributed by atoms with Crippen LogP contribution in [0.5, 0.6) is 0 Å². The van der Waals surface area contributed by atoms with Gasteiger partial charge in [0, 0.05) is 0 Å². The zero-order chi connectivity index (χ0) is 12.6. The molecule has 0 fully saturated rings. The SMILES string of the molecule is Cc1cc(F)ccc1-n1ncc([N+](=O)[O-])c1N. The number of hydrogen-bond donors (Lipinski definition) is 1. The summed E-state index contributed by atoms with van der Waals surface area (Å²) in [7, 11) is 0. The Morgan fingerprint density at radius 2 is 2.24 bits per heavy atom. The van der Waals surface area contributed by atoms with Crippen LogP contribution in [0.1, 0.15) is 5.56 Å². The number of nitrogen functional groups attached to an aromatic ring is 1. The summed E-state index contributed by atoms with van der Waals surface area (Å²) in [6, 6.07) is 4.02. The van der Waals surface area contributed by atoms with Gasteiger partial charge in [0.15, 0.2) is 0 Å². The Hall–Kier alpha value is -2.44. The molecule has 17 heavy (non-hydrogen) atoms. The van der Waals surface area contributed by atoms with E-state index in [2.05, 4.69) is 5.10 Å². The molecule has 0 aliphatic rings. The number of hydrogen-bond acceptors (Lipinski definition) is 4. The number of aromatic nitrogens is 2. The molecule has 1 aromatic heterocycles. The number of rotatable bonds is 2. The Kier molecular flexibility index (Phi) is 2.51. The van der Waals surface area contributed by atoms with E-state index in [9.17, 15) is 14.5 Å². The molecule has 2 aromatic rings. The van der Waals surface area contributed by atoms with E-state index in [0.717, 1.165) is 6.20 Å². The van der Waals surface area contributed by atoms with E-state index < -0.39 is 4.92 Å². The van der Waals surface area contributed by atoms with Crippen molar-refractivity contribution in [3.8, 4) is 5.69 Å². The van der Waals surface area contributed by atoms with Crippen LogP contribution in [-0.2, 0) is 0 Å². The topological polar surface area (TPSA) is 87.0 Å². The van der Waals surface area contributed by atoms with Crippen molar-refractivity contribution in [2.24, 2.45) is 0 Å². The molecule has 2 N–H and O–H groups in total. The highest BCUT2D eigenvalue weighted by Crippen LogP contribution is 2.25. The van der Waals surface area contributed by atoms with Gasteiger partial charge in [-0.3, -0.25) is 10.1 Å². The van der Waals surface area contributed by atoms with Gasteiger partial charge in [-0.25, -0.2) is 9.07 Å². The highest BCUT2D eigenvalue weighted by molar-refractivity contribution is 5.57. The minimum absolute atomic E-state index is 0.0790. The molecule has 0 atom stereocenters. The number of benzene rings is 1. The summed E-state index contributed by atoms with van der Waals surface area (Å²) in [5, 5.41) is 14.4. The van der Waals surface area contributed by atoms with Crippen LogP contribution in [0.15, 0.2) is 24.4 Å². The molecule has 0 saturated heterocycles. The predicted octanol–water partition coefficient (Wildman–Crippen LogP) is 1.81. The number of nitrogens with zero attached hydrogens (tertiary/aromatic N) is 3. The van der Waals surface area contributed by atoms with E-state index in [1.807, 2.05) is 0 Å². The lowest BCUT2D eigenvalue weighted by Gasteiger charge is -2.06. The van der Waals surface area contributed by atoms with Crippen molar-refractivity contribution in [1.82, 2.24) is 9.78 Å². The van der Waals surface area contributed by atoms with Gasteiger partial charge in [-0.05, 0) is 30.7 Å². The molecule has 1 aromatic carbocycles. The van der Waals surface area contributed by atoms with E-state index >= 15 is 0 Å². The summed E-state index contributed by atoms with van der Waals surface area (Å²) in [6.07, 6.45) is 1.07. The fraction of sp³-hybridized carbons (Fsp3) is 0.100. The van der Waals surface area contributed by atoms with E-state index in [1.54, 1.807) is 6.92 Å². The van der Waals surface area contributed by atoms with Gasteiger partial charge in [0.2, 0.25) is 5.82 Å². The molecule has 0 bridgehead atoms. The fourth-order valence-electron chi connectivity index (χ4n) is 1.54. The molecule has 88 valence electrons. The molecule has 2 rings (SSSR count). The quantitative estimate of drug-likeness (QED) is 0.636. The van der Waals surface area contributed by atoms with Crippen LogP contribution < -0.4 is 5.73 Å². The highest BCUT2D eigenvalue weighted by atomic mass is 19.1. The first-order valence-corrected chi connectivity index (χ1v) is 4.75. The number of nitrogens with two attached hydrogens (primary N) is 1. The summed E-state index contributed by atoms with van der Waals surface area (Å²) in [5.41, 5.74) is 6.44. The van der Waals surface area contributed by atoms with Gasteiger partial charge < -0.3 is 5.73 Å². The Balaban J connectivity index is 2.57. The molecule has 0 radical (unpaired) electrons. The fourth-order valence-corrected chi connectivity index (χ4v) is 1.54. The molecule has 7 heteroatoms. The average Bonchev–Trinajstić information content (AvgIpc) is 2.60. The summed E-state index contributed by atoms with van der Waals surface area (Å²) in [4.78, 5) is 10.0. The van der Waals surface area contributed by atoms with Crippen molar-refractivity contribution in [3.63, 3.8) is 0 Å². The van der Waals surface area contributed by atoms with Crippen molar-refractivity contribution >= 4 is 11.5 Å². The first-order valence-electron chi connectivity index (χ1n) is 4.75. The molecule has 0 spiro atoms. The third-order valence-corrected chi connectivity index (χ3v) is 2.37. The molecule has 0 unspecified atom stereocenters. The Labute approximate surface area is 95.6 Å². The second kappa shape index (κ2) is 3.85. The molecular formula is C10H9FN4O2. The number of anilines is 1. The van der Waals surface area contributed by atoms with Gasteiger partial charge in [0.25, 0.3) is 0 Å². The second-order valence-corrected chi connectivity index (χ2v) is 3.51. The smallest absolute Gasteiger partial charge is 0.331 e. The van der Waals surface area contributed by atoms with Gasteiger partial charge in [0.05, 0.1) is 10.6 Å². The first-order chi connectivity index (χ1) is 8.00. The molecule has 0 aliphatic heterocycles. The molecule has 0 aliphatic carbocycles. The lowest BCUT2D eigenvalue weighted by atomic mass is 10.2. The summed E-state index contributed by atoms with van der Waals surface area (Å²) < 4.78 is 14.1. The summed E-state index contributed by atoms with van der Waals surface area (Å²) >= 11 is 0. The molecule has 0 amide bonds. The first kappa shape index (κ1) is 11.1. The molecule has 0 saturated carbocycles. The van der Waals surface area contributed by atoms with Crippen molar-refractivity contribution in [1.29, 1.82) is 0 Å². The lowest BCUT2D eigenvalue weighted by molar-refractivity contribution is -0.383.